The van der Waals surface area contributed by atoms with Crippen molar-refractivity contribution in [2.75, 3.05) is 11.2 Å². The number of unbranched alkanes of at least 4 members (excludes halogenated alkanes) is 1. The van der Waals surface area contributed by atoms with Gasteiger partial charge in [-0.05, 0) is 37.1 Å². The summed E-state index contributed by atoms with van der Waals surface area (Å²) in [6.45, 7) is 0. The molecular weight excluding hydrogens is 222 g/mol. The number of nitrogens with one attached hydrogen (secondary N) is 1. The molecule has 0 atom stereocenters. The number of rotatable bonds is 5. The van der Waals surface area contributed by atoms with Crippen molar-refractivity contribution in [1.82, 2.24) is 0 Å². The van der Waals surface area contributed by atoms with E-state index in [1.54, 1.807) is 24.3 Å². The van der Waals surface area contributed by atoms with Crippen LogP contribution in [0.1, 0.15) is 24.8 Å². The van der Waals surface area contributed by atoms with Crippen LogP contribution in [0.5, 0.6) is 0 Å². The Morgan fingerprint density at radius 1 is 1.31 bits per heavy atom. The number of hydrogen-bond acceptors (Lipinski definition) is 1. The zero-order chi connectivity index (χ0) is 11.8. The molecule has 2 nitrogen and oxygen atoms in total. The molecule has 0 radical (unpaired) electrons. The number of carbonyl (C=O) groups is 1. The normalized spacial score (nSPS) is 9.50. The molecule has 0 bridgehead atoms. The average molecular weight is 236 g/mol. The van der Waals surface area contributed by atoms with Crippen LogP contribution in [0.3, 0.4) is 0 Å². The van der Waals surface area contributed by atoms with Gasteiger partial charge in [0.25, 0.3) is 0 Å². The first kappa shape index (κ1) is 12.6. The third kappa shape index (κ3) is 4.37. The Kier molecular flexibility index (Phi) is 5.45. The van der Waals surface area contributed by atoms with Crippen LogP contribution in [0.2, 0.25) is 0 Å². The zero-order valence-electron chi connectivity index (χ0n) is 9.00. The molecule has 3 heteroatoms. The molecule has 84 valence electrons. The second-order valence-electron chi connectivity index (χ2n) is 3.42. The predicted octanol–water partition coefficient (Wildman–Crippen LogP) is 3.02. The second-order valence-corrected chi connectivity index (χ2v) is 3.79. The fourth-order valence-corrected chi connectivity index (χ4v) is 1.44. The highest BCUT2D eigenvalue weighted by Gasteiger charge is 2.01. The topological polar surface area (TPSA) is 29.1 Å². The molecule has 0 spiro atoms. The summed E-state index contributed by atoms with van der Waals surface area (Å²) in [5, 5.41) is 2.80. The number of benzene rings is 1. The Morgan fingerprint density at radius 3 is 2.56 bits per heavy atom. The highest BCUT2D eigenvalue weighted by atomic mass is 35.5. The molecule has 0 saturated heterocycles. The van der Waals surface area contributed by atoms with Crippen LogP contribution in [-0.2, 0) is 4.79 Å². The average Bonchev–Trinajstić information content (AvgIpc) is 2.30. The number of amides is 1. The highest BCUT2D eigenvalue weighted by molar-refractivity contribution is 6.17. The minimum absolute atomic E-state index is 0.0126. The van der Waals surface area contributed by atoms with Crippen molar-refractivity contribution < 1.29 is 4.79 Å². The SMILES string of the molecule is C#Cc1ccc(NC(=O)CCCCCl)cc1. The number of hydrogen-bond donors (Lipinski definition) is 1. The maximum absolute atomic E-state index is 11.4. The molecule has 0 fully saturated rings. The van der Waals surface area contributed by atoms with E-state index in [9.17, 15) is 4.79 Å². The van der Waals surface area contributed by atoms with E-state index in [1.165, 1.54) is 0 Å². The van der Waals surface area contributed by atoms with E-state index in [4.69, 9.17) is 18.0 Å². The van der Waals surface area contributed by atoms with Gasteiger partial charge in [0.1, 0.15) is 0 Å². The summed E-state index contributed by atoms with van der Waals surface area (Å²) in [7, 11) is 0. The fourth-order valence-electron chi connectivity index (χ4n) is 1.25. The van der Waals surface area contributed by atoms with Gasteiger partial charge in [-0.3, -0.25) is 4.79 Å². The number of anilines is 1. The van der Waals surface area contributed by atoms with Gasteiger partial charge in [-0.1, -0.05) is 5.92 Å². The summed E-state index contributed by atoms with van der Waals surface area (Å²) in [5.41, 5.74) is 1.58. The van der Waals surface area contributed by atoms with E-state index in [1.807, 2.05) is 0 Å². The van der Waals surface area contributed by atoms with Crippen molar-refractivity contribution >= 4 is 23.2 Å². The Balaban J connectivity index is 2.41. The van der Waals surface area contributed by atoms with Crippen molar-refractivity contribution in [1.29, 1.82) is 0 Å². The predicted molar refractivity (Wildman–Crippen MR) is 67.6 cm³/mol. The first-order valence-corrected chi connectivity index (χ1v) is 5.72. The summed E-state index contributed by atoms with van der Waals surface area (Å²) in [6.07, 6.45) is 7.42. The van der Waals surface area contributed by atoms with Crippen molar-refractivity contribution in [3.8, 4) is 12.3 Å². The third-order valence-electron chi connectivity index (χ3n) is 2.12. The van der Waals surface area contributed by atoms with Gasteiger partial charge >= 0.3 is 0 Å². The van der Waals surface area contributed by atoms with Crippen LogP contribution in [0, 0.1) is 12.3 Å². The first-order chi connectivity index (χ1) is 7.76. The van der Waals surface area contributed by atoms with Crippen molar-refractivity contribution in [2.24, 2.45) is 0 Å². The molecular formula is C13H14ClNO. The van der Waals surface area contributed by atoms with Gasteiger partial charge in [0.15, 0.2) is 0 Å². The van der Waals surface area contributed by atoms with Crippen LogP contribution in [0.25, 0.3) is 0 Å². The molecule has 1 rings (SSSR count). The van der Waals surface area contributed by atoms with Crippen molar-refractivity contribution in [3.05, 3.63) is 29.8 Å². The molecule has 0 aliphatic heterocycles. The first-order valence-electron chi connectivity index (χ1n) is 5.18. The third-order valence-corrected chi connectivity index (χ3v) is 2.39. The lowest BCUT2D eigenvalue weighted by Gasteiger charge is -2.04. The van der Waals surface area contributed by atoms with E-state index in [-0.39, 0.29) is 5.91 Å². The molecule has 16 heavy (non-hydrogen) atoms. The van der Waals surface area contributed by atoms with Gasteiger partial charge in [-0.2, -0.15) is 0 Å². The molecule has 1 aromatic carbocycles. The lowest BCUT2D eigenvalue weighted by atomic mass is 10.2. The Morgan fingerprint density at radius 2 is 2.00 bits per heavy atom. The number of carbonyl (C=O) groups excluding carboxylic acids is 1. The molecule has 0 heterocycles. The molecule has 1 N–H and O–H groups in total. The Hall–Kier alpha value is -1.46. The van der Waals surface area contributed by atoms with E-state index in [0.717, 1.165) is 24.1 Å². The second kappa shape index (κ2) is 6.92. The molecule has 0 aliphatic carbocycles. The Bertz CT molecular complexity index is 378. The number of halogens is 1. The van der Waals surface area contributed by atoms with Gasteiger partial charge in [0, 0.05) is 23.6 Å². The van der Waals surface area contributed by atoms with Gasteiger partial charge in [-0.15, -0.1) is 18.0 Å². The summed E-state index contributed by atoms with van der Waals surface area (Å²) < 4.78 is 0. The lowest BCUT2D eigenvalue weighted by molar-refractivity contribution is -0.116. The highest BCUT2D eigenvalue weighted by Crippen LogP contribution is 2.09. The summed E-state index contributed by atoms with van der Waals surface area (Å²) in [5.74, 6) is 3.14. The summed E-state index contributed by atoms with van der Waals surface area (Å²) in [6, 6.07) is 7.20. The van der Waals surface area contributed by atoms with E-state index < -0.39 is 0 Å². The zero-order valence-corrected chi connectivity index (χ0v) is 9.76. The summed E-state index contributed by atoms with van der Waals surface area (Å²) >= 11 is 5.53. The van der Waals surface area contributed by atoms with Gasteiger partial charge in [-0.25, -0.2) is 0 Å². The molecule has 0 aliphatic rings. The van der Waals surface area contributed by atoms with Crippen LogP contribution in [-0.4, -0.2) is 11.8 Å². The molecule has 0 aromatic heterocycles. The maximum atomic E-state index is 11.4. The van der Waals surface area contributed by atoms with Crippen LogP contribution in [0.4, 0.5) is 5.69 Å². The van der Waals surface area contributed by atoms with Gasteiger partial charge in [0.05, 0.1) is 0 Å². The maximum Gasteiger partial charge on any atom is 0.224 e. The van der Waals surface area contributed by atoms with Crippen LogP contribution < -0.4 is 5.32 Å². The number of alkyl halides is 1. The van der Waals surface area contributed by atoms with Crippen molar-refractivity contribution in [2.45, 2.75) is 19.3 Å². The molecule has 1 amide bonds. The van der Waals surface area contributed by atoms with Crippen molar-refractivity contribution in [3.63, 3.8) is 0 Å². The monoisotopic (exact) mass is 235 g/mol. The van der Waals surface area contributed by atoms with E-state index in [2.05, 4.69) is 11.2 Å². The fraction of sp³-hybridized carbons (Fsp3) is 0.308. The lowest BCUT2D eigenvalue weighted by Crippen LogP contribution is -2.10. The molecule has 0 unspecified atom stereocenters. The van der Waals surface area contributed by atoms with Gasteiger partial charge in [0.2, 0.25) is 5.91 Å². The molecule has 0 saturated carbocycles. The van der Waals surface area contributed by atoms with Crippen LogP contribution >= 0.6 is 11.6 Å². The van der Waals surface area contributed by atoms with E-state index >= 15 is 0 Å². The largest absolute Gasteiger partial charge is 0.326 e. The quantitative estimate of drug-likeness (QED) is 0.475. The standard InChI is InChI=1S/C13H14ClNO/c1-2-11-6-8-12(9-7-11)15-13(16)5-3-4-10-14/h1,6-9H,3-5,10H2,(H,15,16). The molecule has 1 aromatic rings. The Labute approximate surface area is 101 Å². The van der Waals surface area contributed by atoms with Crippen LogP contribution in [0.15, 0.2) is 24.3 Å². The number of terminal acetylenes is 1. The van der Waals surface area contributed by atoms with E-state index in [0.29, 0.717) is 12.3 Å². The van der Waals surface area contributed by atoms with Gasteiger partial charge < -0.3 is 5.32 Å². The minimum Gasteiger partial charge on any atom is -0.326 e. The summed E-state index contributed by atoms with van der Waals surface area (Å²) in [4.78, 5) is 11.4. The smallest absolute Gasteiger partial charge is 0.224 e. The minimum atomic E-state index is 0.0126.